The predicted octanol–water partition coefficient (Wildman–Crippen LogP) is 4.47. The van der Waals surface area contributed by atoms with Crippen LogP contribution in [0.2, 0.25) is 0 Å². The van der Waals surface area contributed by atoms with Gasteiger partial charge in [0.2, 0.25) is 0 Å². The molecule has 1 aliphatic rings. The van der Waals surface area contributed by atoms with E-state index in [1.54, 1.807) is 24.4 Å². The van der Waals surface area contributed by atoms with Crippen LogP contribution in [-0.4, -0.2) is 54.3 Å². The number of carbonyl (C=O) groups excluding carboxylic acids is 1. The number of hydrogen-bond acceptors (Lipinski definition) is 5. The van der Waals surface area contributed by atoms with Gasteiger partial charge >= 0.3 is 0 Å². The van der Waals surface area contributed by atoms with E-state index in [1.807, 2.05) is 30.9 Å². The van der Waals surface area contributed by atoms with Crippen LogP contribution < -0.4 is 0 Å². The number of H-pyrrole nitrogens is 1. The van der Waals surface area contributed by atoms with Crippen molar-refractivity contribution in [2.45, 2.75) is 38.0 Å². The number of carbonyl (C=O) groups is 1. The quantitative estimate of drug-likeness (QED) is 0.401. The zero-order chi connectivity index (χ0) is 24.7. The second-order valence-corrected chi connectivity index (χ2v) is 10.3. The number of fused-ring (bicyclic) bond motifs is 3. The minimum Gasteiger partial charge on any atom is -0.768 e. The molecule has 5 rings (SSSR count). The van der Waals surface area contributed by atoms with Gasteiger partial charge in [-0.2, -0.15) is 0 Å². The first kappa shape index (κ1) is 23.7. The van der Waals surface area contributed by atoms with Crippen LogP contribution in [0.25, 0.3) is 33.1 Å². The maximum absolute atomic E-state index is 13.7. The minimum atomic E-state index is -2.36. The molecule has 0 spiro atoms. The Hall–Kier alpha value is -3.07. The average molecular weight is 491 g/mol. The number of aromatic nitrogens is 2. The largest absolute Gasteiger partial charge is 0.768 e. The highest BCUT2D eigenvalue weighted by Gasteiger charge is 2.27. The molecule has 1 atom stereocenters. The molecule has 1 unspecified atom stereocenters. The fourth-order valence-corrected chi connectivity index (χ4v) is 5.60. The Labute approximate surface area is 206 Å². The number of pyridine rings is 1. The van der Waals surface area contributed by atoms with E-state index in [4.69, 9.17) is 0 Å². The van der Waals surface area contributed by atoms with E-state index in [1.165, 1.54) is 0 Å². The molecule has 2 aromatic heterocycles. The molecule has 1 fully saturated rings. The third-order valence-electron chi connectivity index (χ3n) is 7.13. The number of benzene rings is 2. The Morgan fingerprint density at radius 2 is 2.00 bits per heavy atom. The Kier molecular flexibility index (Phi) is 6.44. The molecule has 0 saturated carbocycles. The van der Waals surface area contributed by atoms with E-state index in [-0.39, 0.29) is 17.4 Å². The van der Waals surface area contributed by atoms with Gasteiger partial charge in [-0.15, -0.1) is 0 Å². The van der Waals surface area contributed by atoms with E-state index in [0.717, 1.165) is 63.5 Å². The summed E-state index contributed by atoms with van der Waals surface area (Å²) in [4.78, 5) is 23.8. The van der Waals surface area contributed by atoms with Gasteiger partial charge in [0, 0.05) is 47.1 Å². The van der Waals surface area contributed by atoms with Crippen molar-refractivity contribution in [3.8, 4) is 11.1 Å². The van der Waals surface area contributed by atoms with E-state index in [2.05, 4.69) is 16.0 Å². The first-order chi connectivity index (χ1) is 16.9. The molecule has 8 heteroatoms. The second kappa shape index (κ2) is 9.53. The summed E-state index contributed by atoms with van der Waals surface area (Å²) in [6, 6.07) is 10.8. The van der Waals surface area contributed by atoms with Crippen LogP contribution in [-0.2, 0) is 11.1 Å². The molecule has 182 valence electrons. The molecule has 0 radical (unpaired) electrons. The number of nitrogens with one attached hydrogen (secondary N) is 1. The number of amides is 1. The van der Waals surface area contributed by atoms with Crippen LogP contribution in [0.5, 0.6) is 0 Å². The number of aryl methyl sites for hydroxylation is 2. The van der Waals surface area contributed by atoms with Gasteiger partial charge in [0.15, 0.2) is 0 Å². The van der Waals surface area contributed by atoms with Crippen LogP contribution in [0.1, 0.15) is 40.7 Å². The summed E-state index contributed by atoms with van der Waals surface area (Å²) >= 11 is -2.36. The molecule has 1 aliphatic heterocycles. The summed E-state index contributed by atoms with van der Waals surface area (Å²) in [6.07, 6.45) is 4.34. The second-order valence-electron chi connectivity index (χ2n) is 9.39. The number of likely N-dealkylation sites (tertiary alicyclic amines) is 1. The lowest BCUT2D eigenvalue weighted by Crippen LogP contribution is -2.39. The van der Waals surface area contributed by atoms with Gasteiger partial charge in [0.05, 0.1) is 5.52 Å². The van der Waals surface area contributed by atoms with Gasteiger partial charge in [-0.1, -0.05) is 12.1 Å². The standard InChI is InChI=1S/C27H29N3O4S/c1-16-12-23-24-22(19-4-3-5-20(13-19)35(33)34)14-21(17(2)25(24)29-26(23)28-15-16)27(32)30-9-6-18(7-10-30)8-11-31/h3-5,12-15,18,31H,6-11H2,1-2H3,(H,28,29)(H,33,34)/p-1. The van der Waals surface area contributed by atoms with E-state index in [0.29, 0.717) is 24.6 Å². The van der Waals surface area contributed by atoms with Gasteiger partial charge in [-0.3, -0.25) is 9.00 Å². The van der Waals surface area contributed by atoms with Gasteiger partial charge in [-0.05, 0) is 96.6 Å². The van der Waals surface area contributed by atoms with Crippen LogP contribution in [0, 0.1) is 19.8 Å². The van der Waals surface area contributed by atoms with Gasteiger partial charge in [0.1, 0.15) is 5.65 Å². The molecular formula is C27H28N3O4S-. The van der Waals surface area contributed by atoms with E-state index in [9.17, 15) is 18.7 Å². The average Bonchev–Trinajstić information content (AvgIpc) is 3.24. The number of piperidine rings is 1. The highest BCUT2D eigenvalue weighted by molar-refractivity contribution is 7.79. The molecule has 1 amide bonds. The number of hydrogen-bond donors (Lipinski definition) is 2. The molecule has 2 aromatic carbocycles. The van der Waals surface area contributed by atoms with Crippen molar-refractivity contribution in [3.63, 3.8) is 0 Å². The molecule has 35 heavy (non-hydrogen) atoms. The Bertz CT molecular complexity index is 1450. The lowest BCUT2D eigenvalue weighted by atomic mass is 9.91. The fraction of sp³-hybridized carbons (Fsp3) is 0.333. The van der Waals surface area contributed by atoms with E-state index < -0.39 is 11.1 Å². The van der Waals surface area contributed by atoms with Crippen molar-refractivity contribution in [3.05, 3.63) is 59.3 Å². The predicted molar refractivity (Wildman–Crippen MR) is 136 cm³/mol. The Balaban J connectivity index is 1.68. The monoisotopic (exact) mass is 490 g/mol. The van der Waals surface area contributed by atoms with Crippen molar-refractivity contribution >= 4 is 38.9 Å². The zero-order valence-corrected chi connectivity index (χ0v) is 20.7. The van der Waals surface area contributed by atoms with Gasteiger partial charge in [0.25, 0.3) is 5.91 Å². The van der Waals surface area contributed by atoms with Gasteiger partial charge in [-0.25, -0.2) is 4.98 Å². The Morgan fingerprint density at radius 3 is 2.71 bits per heavy atom. The molecular weight excluding hydrogens is 462 g/mol. The summed E-state index contributed by atoms with van der Waals surface area (Å²) in [5.41, 5.74) is 5.57. The summed E-state index contributed by atoms with van der Waals surface area (Å²) < 4.78 is 23.3. The first-order valence-corrected chi connectivity index (χ1v) is 13.0. The number of aliphatic hydroxyl groups excluding tert-OH is 1. The number of nitrogens with zero attached hydrogens (tertiary/aromatic N) is 2. The third kappa shape index (κ3) is 4.37. The van der Waals surface area contributed by atoms with E-state index >= 15 is 0 Å². The van der Waals surface area contributed by atoms with Crippen molar-refractivity contribution in [1.82, 2.24) is 14.9 Å². The van der Waals surface area contributed by atoms with Crippen LogP contribution in [0.4, 0.5) is 0 Å². The molecule has 0 aliphatic carbocycles. The fourth-order valence-electron chi connectivity index (χ4n) is 5.19. The molecule has 1 saturated heterocycles. The first-order valence-electron chi connectivity index (χ1n) is 11.9. The van der Waals surface area contributed by atoms with Crippen LogP contribution >= 0.6 is 0 Å². The minimum absolute atomic E-state index is 0.0283. The number of aromatic amines is 1. The highest BCUT2D eigenvalue weighted by Crippen LogP contribution is 2.39. The smallest absolute Gasteiger partial charge is 0.254 e. The lowest BCUT2D eigenvalue weighted by Gasteiger charge is -2.32. The SMILES string of the molecule is Cc1cnc2[nH]c3c(C)c(C(=O)N4CCC(CCO)CC4)cc(-c4cccc(S(=O)[O-])c4)c3c2c1. The van der Waals surface area contributed by atoms with Crippen LogP contribution in [0.15, 0.2) is 47.5 Å². The summed E-state index contributed by atoms with van der Waals surface area (Å²) in [5.74, 6) is 0.418. The number of rotatable bonds is 5. The highest BCUT2D eigenvalue weighted by atomic mass is 32.2. The molecule has 7 nitrogen and oxygen atoms in total. The summed E-state index contributed by atoms with van der Waals surface area (Å²) in [7, 11) is 0. The third-order valence-corrected chi connectivity index (χ3v) is 7.77. The lowest BCUT2D eigenvalue weighted by molar-refractivity contribution is 0.0677. The molecule has 0 bridgehead atoms. The molecule has 4 aromatic rings. The number of aliphatic hydroxyl groups is 1. The van der Waals surface area contributed by atoms with Crippen LogP contribution in [0.3, 0.4) is 0 Å². The van der Waals surface area contributed by atoms with Gasteiger partial charge < -0.3 is 19.5 Å². The summed E-state index contributed by atoms with van der Waals surface area (Å²) in [5, 5.41) is 11.1. The topological polar surface area (TPSA) is 109 Å². The van der Waals surface area contributed by atoms with Crippen molar-refractivity contribution < 1.29 is 18.7 Å². The van der Waals surface area contributed by atoms with Crippen molar-refractivity contribution in [2.75, 3.05) is 19.7 Å². The maximum Gasteiger partial charge on any atom is 0.254 e. The maximum atomic E-state index is 13.7. The Morgan fingerprint density at radius 1 is 1.23 bits per heavy atom. The van der Waals surface area contributed by atoms with Crippen molar-refractivity contribution in [1.29, 1.82) is 0 Å². The molecule has 3 heterocycles. The zero-order valence-electron chi connectivity index (χ0n) is 19.8. The molecule has 2 N–H and O–H groups in total. The van der Waals surface area contributed by atoms with Crippen molar-refractivity contribution in [2.24, 2.45) is 5.92 Å². The summed E-state index contributed by atoms with van der Waals surface area (Å²) in [6.45, 7) is 5.43. The normalized spacial score (nSPS) is 15.7.